The van der Waals surface area contributed by atoms with Gasteiger partial charge in [0.1, 0.15) is 11.3 Å². The SMILES string of the molecule is O=c1c2ccccc2nc2ccc3c4ccccc4[nH]c3n12. The Balaban J connectivity index is 2.12. The van der Waals surface area contributed by atoms with Crippen molar-refractivity contribution in [3.05, 3.63) is 71.0 Å². The summed E-state index contributed by atoms with van der Waals surface area (Å²) in [7, 11) is 0. The predicted molar refractivity (Wildman–Crippen MR) is 88.3 cm³/mol. The Morgan fingerprint density at radius 3 is 2.50 bits per heavy atom. The van der Waals surface area contributed by atoms with E-state index in [-0.39, 0.29) is 5.56 Å². The zero-order valence-electron chi connectivity index (χ0n) is 11.6. The molecule has 0 bridgehead atoms. The second-order valence-corrected chi connectivity index (χ2v) is 5.39. The van der Waals surface area contributed by atoms with Crippen LogP contribution in [0, 0.1) is 0 Å². The Hall–Kier alpha value is -3.14. The number of rotatable bonds is 0. The zero-order valence-corrected chi connectivity index (χ0v) is 11.6. The number of hydrogen-bond acceptors (Lipinski definition) is 2. The second kappa shape index (κ2) is 3.95. The minimum atomic E-state index is -0.0437. The van der Waals surface area contributed by atoms with Gasteiger partial charge in [-0.25, -0.2) is 9.38 Å². The number of pyridine rings is 1. The molecule has 0 aliphatic rings. The molecule has 0 atom stereocenters. The van der Waals surface area contributed by atoms with Gasteiger partial charge in [-0.2, -0.15) is 0 Å². The molecule has 0 unspecified atom stereocenters. The summed E-state index contributed by atoms with van der Waals surface area (Å²) in [6.45, 7) is 0. The number of para-hydroxylation sites is 2. The Morgan fingerprint density at radius 1 is 0.818 bits per heavy atom. The standard InChI is InChI=1S/C18H11N3O/c22-18-13-6-2-4-8-15(13)19-16-10-9-12-11-5-1-3-7-14(11)20-17(12)21(16)18/h1-10,20H. The molecule has 2 aromatic carbocycles. The van der Waals surface area contributed by atoms with Crippen molar-refractivity contribution in [1.82, 2.24) is 14.4 Å². The molecule has 22 heavy (non-hydrogen) atoms. The van der Waals surface area contributed by atoms with Crippen molar-refractivity contribution in [2.45, 2.75) is 0 Å². The lowest BCUT2D eigenvalue weighted by Crippen LogP contribution is -2.15. The van der Waals surface area contributed by atoms with Crippen LogP contribution in [0.4, 0.5) is 0 Å². The molecule has 0 saturated carbocycles. The molecule has 0 aliphatic heterocycles. The molecule has 5 aromatic rings. The smallest absolute Gasteiger partial charge is 0.267 e. The number of H-pyrrole nitrogens is 1. The molecule has 1 N–H and O–H groups in total. The highest BCUT2D eigenvalue weighted by Gasteiger charge is 2.11. The van der Waals surface area contributed by atoms with Crippen LogP contribution >= 0.6 is 0 Å². The van der Waals surface area contributed by atoms with Crippen molar-refractivity contribution in [1.29, 1.82) is 0 Å². The Kier molecular flexibility index (Phi) is 2.07. The molecule has 4 nitrogen and oxygen atoms in total. The Labute approximate surface area is 124 Å². The third-order valence-corrected chi connectivity index (χ3v) is 4.15. The highest BCUT2D eigenvalue weighted by molar-refractivity contribution is 6.06. The summed E-state index contributed by atoms with van der Waals surface area (Å²) < 4.78 is 1.66. The van der Waals surface area contributed by atoms with E-state index in [4.69, 9.17) is 0 Å². The summed E-state index contributed by atoms with van der Waals surface area (Å²) >= 11 is 0. The summed E-state index contributed by atoms with van der Waals surface area (Å²) in [5.74, 6) is 0. The molecular weight excluding hydrogens is 274 g/mol. The van der Waals surface area contributed by atoms with Crippen LogP contribution in [0.3, 0.4) is 0 Å². The third kappa shape index (κ3) is 1.36. The third-order valence-electron chi connectivity index (χ3n) is 4.15. The van der Waals surface area contributed by atoms with Crippen LogP contribution in [0.5, 0.6) is 0 Å². The van der Waals surface area contributed by atoms with E-state index in [2.05, 4.69) is 16.0 Å². The molecule has 0 amide bonds. The van der Waals surface area contributed by atoms with Crippen molar-refractivity contribution in [3.63, 3.8) is 0 Å². The van der Waals surface area contributed by atoms with E-state index in [1.807, 2.05) is 54.6 Å². The van der Waals surface area contributed by atoms with E-state index < -0.39 is 0 Å². The molecule has 0 radical (unpaired) electrons. The largest absolute Gasteiger partial charge is 0.340 e. The molecule has 0 aliphatic carbocycles. The summed E-state index contributed by atoms with van der Waals surface area (Å²) in [5.41, 5.74) is 3.15. The Morgan fingerprint density at radius 2 is 1.59 bits per heavy atom. The number of aromatic amines is 1. The molecule has 3 aromatic heterocycles. The van der Waals surface area contributed by atoms with Crippen molar-refractivity contribution < 1.29 is 0 Å². The highest BCUT2D eigenvalue weighted by atomic mass is 16.1. The van der Waals surface area contributed by atoms with Gasteiger partial charge in [0.15, 0.2) is 0 Å². The first kappa shape index (κ1) is 11.5. The van der Waals surface area contributed by atoms with E-state index in [1.165, 1.54) is 0 Å². The Bertz CT molecular complexity index is 1250. The van der Waals surface area contributed by atoms with Crippen LogP contribution in [0.1, 0.15) is 0 Å². The van der Waals surface area contributed by atoms with E-state index in [0.717, 1.165) is 27.5 Å². The number of hydrogen-bond donors (Lipinski definition) is 1. The number of aromatic nitrogens is 3. The minimum absolute atomic E-state index is 0.0437. The topological polar surface area (TPSA) is 50.2 Å². The van der Waals surface area contributed by atoms with Gasteiger partial charge in [0.05, 0.1) is 10.9 Å². The lowest BCUT2D eigenvalue weighted by atomic mass is 10.2. The molecule has 5 rings (SSSR count). The van der Waals surface area contributed by atoms with Crippen molar-refractivity contribution in [3.8, 4) is 0 Å². The van der Waals surface area contributed by atoms with Gasteiger partial charge in [-0.3, -0.25) is 4.79 Å². The van der Waals surface area contributed by atoms with Gasteiger partial charge < -0.3 is 4.98 Å². The minimum Gasteiger partial charge on any atom is -0.340 e. The van der Waals surface area contributed by atoms with Crippen molar-refractivity contribution in [2.75, 3.05) is 0 Å². The van der Waals surface area contributed by atoms with E-state index in [1.54, 1.807) is 4.40 Å². The molecule has 0 saturated heterocycles. The van der Waals surface area contributed by atoms with Gasteiger partial charge in [-0.05, 0) is 30.3 Å². The normalized spacial score (nSPS) is 11.8. The maximum atomic E-state index is 12.9. The average Bonchev–Trinajstić information content (AvgIpc) is 2.93. The predicted octanol–water partition coefficient (Wildman–Crippen LogP) is 3.48. The van der Waals surface area contributed by atoms with Gasteiger partial charge >= 0.3 is 0 Å². The first-order chi connectivity index (χ1) is 10.8. The highest BCUT2D eigenvalue weighted by Crippen LogP contribution is 2.25. The molecule has 3 heterocycles. The van der Waals surface area contributed by atoms with Crippen LogP contribution in [-0.2, 0) is 0 Å². The maximum Gasteiger partial charge on any atom is 0.267 e. The number of nitrogens with zero attached hydrogens (tertiary/aromatic N) is 2. The van der Waals surface area contributed by atoms with E-state index in [0.29, 0.717) is 11.0 Å². The monoisotopic (exact) mass is 285 g/mol. The maximum absolute atomic E-state index is 12.9. The lowest BCUT2D eigenvalue weighted by molar-refractivity contribution is 1.11. The van der Waals surface area contributed by atoms with Gasteiger partial charge in [-0.1, -0.05) is 30.3 Å². The number of benzene rings is 2. The molecule has 0 fully saturated rings. The second-order valence-electron chi connectivity index (χ2n) is 5.39. The van der Waals surface area contributed by atoms with Crippen LogP contribution in [0.25, 0.3) is 38.5 Å². The molecular formula is C18H11N3O. The summed E-state index contributed by atoms with van der Waals surface area (Å²) in [4.78, 5) is 20.8. The fourth-order valence-corrected chi connectivity index (χ4v) is 3.13. The molecule has 4 heteroatoms. The van der Waals surface area contributed by atoms with Crippen LogP contribution in [0.15, 0.2) is 65.5 Å². The zero-order chi connectivity index (χ0) is 14.7. The van der Waals surface area contributed by atoms with E-state index in [9.17, 15) is 4.79 Å². The summed E-state index contributed by atoms with van der Waals surface area (Å²) in [6.07, 6.45) is 0. The quantitative estimate of drug-likeness (QED) is 0.443. The number of nitrogens with one attached hydrogen (secondary N) is 1. The average molecular weight is 285 g/mol. The fourth-order valence-electron chi connectivity index (χ4n) is 3.13. The first-order valence-corrected chi connectivity index (χ1v) is 7.14. The van der Waals surface area contributed by atoms with Gasteiger partial charge in [0.25, 0.3) is 5.56 Å². The molecule has 104 valence electrons. The fraction of sp³-hybridized carbons (Fsp3) is 0. The van der Waals surface area contributed by atoms with Crippen molar-refractivity contribution >= 4 is 38.5 Å². The van der Waals surface area contributed by atoms with Gasteiger partial charge in [0, 0.05) is 16.3 Å². The van der Waals surface area contributed by atoms with Crippen molar-refractivity contribution in [2.24, 2.45) is 0 Å². The van der Waals surface area contributed by atoms with E-state index >= 15 is 0 Å². The van der Waals surface area contributed by atoms with Crippen LogP contribution in [-0.4, -0.2) is 14.4 Å². The number of fused-ring (bicyclic) bond motifs is 6. The summed E-state index contributed by atoms with van der Waals surface area (Å²) in [5, 5.41) is 2.77. The molecule has 0 spiro atoms. The van der Waals surface area contributed by atoms with Crippen LogP contribution in [0.2, 0.25) is 0 Å². The van der Waals surface area contributed by atoms with Crippen LogP contribution < -0.4 is 5.56 Å². The van der Waals surface area contributed by atoms with Gasteiger partial charge in [0.2, 0.25) is 0 Å². The lowest BCUT2D eigenvalue weighted by Gasteiger charge is -2.04. The summed E-state index contributed by atoms with van der Waals surface area (Å²) in [6, 6.07) is 19.4. The van der Waals surface area contributed by atoms with Gasteiger partial charge in [-0.15, -0.1) is 0 Å². The first-order valence-electron chi connectivity index (χ1n) is 7.14.